The lowest BCUT2D eigenvalue weighted by Gasteiger charge is -2.26. The molecule has 0 amide bonds. The molecule has 0 bridgehead atoms. The Morgan fingerprint density at radius 3 is 2.61 bits per heavy atom. The molecule has 98 valence electrons. The van der Waals surface area contributed by atoms with E-state index in [0.717, 1.165) is 16.9 Å². The summed E-state index contributed by atoms with van der Waals surface area (Å²) in [5.74, 6) is 0.845. The number of rotatable bonds is 3. The van der Waals surface area contributed by atoms with Crippen molar-refractivity contribution in [2.24, 2.45) is 5.73 Å². The molecule has 1 heterocycles. The summed E-state index contributed by atoms with van der Waals surface area (Å²) in [7, 11) is 0. The molecule has 0 aliphatic carbocycles. The zero-order chi connectivity index (χ0) is 13.3. The number of nitrogens with two attached hydrogens (primary N) is 1. The Kier molecular flexibility index (Phi) is 3.41. The van der Waals surface area contributed by atoms with Crippen molar-refractivity contribution < 1.29 is 5.11 Å². The molecule has 0 saturated heterocycles. The van der Waals surface area contributed by atoms with Gasteiger partial charge in [0.2, 0.25) is 0 Å². The molecule has 2 rings (SSSR count). The molecule has 2 aromatic rings. The minimum absolute atomic E-state index is 0.0779. The van der Waals surface area contributed by atoms with Crippen LogP contribution < -0.4 is 5.73 Å². The molecule has 3 N–H and O–H groups in total. The zero-order valence-corrected chi connectivity index (χ0v) is 11.2. The van der Waals surface area contributed by atoms with Crippen LogP contribution in [0, 0.1) is 0 Å². The molecule has 4 heteroatoms. The van der Waals surface area contributed by atoms with Crippen molar-refractivity contribution in [2.75, 3.05) is 6.61 Å². The lowest BCUT2D eigenvalue weighted by Crippen LogP contribution is -2.28. The molecule has 1 aromatic heterocycles. The Labute approximate surface area is 107 Å². The van der Waals surface area contributed by atoms with Crippen molar-refractivity contribution in [1.82, 2.24) is 9.55 Å². The average molecular weight is 247 g/mol. The molecular formula is C14H21N3O. The summed E-state index contributed by atoms with van der Waals surface area (Å²) in [4.78, 5) is 4.62. The quantitative estimate of drug-likeness (QED) is 0.873. The second kappa shape index (κ2) is 4.71. The third-order valence-electron chi connectivity index (χ3n) is 3.03. The van der Waals surface area contributed by atoms with Crippen LogP contribution in [0.15, 0.2) is 24.3 Å². The van der Waals surface area contributed by atoms with Crippen LogP contribution in [-0.4, -0.2) is 21.3 Å². The molecule has 1 aromatic carbocycles. The Morgan fingerprint density at radius 1 is 1.33 bits per heavy atom. The number of para-hydroxylation sites is 2. The Bertz CT molecular complexity index is 539. The predicted octanol–water partition coefficient (Wildman–Crippen LogP) is 2.17. The highest BCUT2D eigenvalue weighted by atomic mass is 16.3. The van der Waals surface area contributed by atoms with Crippen molar-refractivity contribution in [3.63, 3.8) is 0 Å². The first-order chi connectivity index (χ1) is 8.45. The van der Waals surface area contributed by atoms with E-state index in [2.05, 4.69) is 36.4 Å². The topological polar surface area (TPSA) is 64.1 Å². The van der Waals surface area contributed by atoms with Crippen molar-refractivity contribution in [1.29, 1.82) is 0 Å². The maximum absolute atomic E-state index is 9.05. The van der Waals surface area contributed by atoms with Gasteiger partial charge in [-0.3, -0.25) is 0 Å². The van der Waals surface area contributed by atoms with Crippen LogP contribution in [0.5, 0.6) is 0 Å². The van der Waals surface area contributed by atoms with Crippen molar-refractivity contribution in [3.8, 4) is 0 Å². The van der Waals surface area contributed by atoms with Crippen molar-refractivity contribution in [3.05, 3.63) is 30.1 Å². The number of imidazole rings is 1. The summed E-state index contributed by atoms with van der Waals surface area (Å²) in [6.07, 6.45) is 0.527. The van der Waals surface area contributed by atoms with Gasteiger partial charge in [-0.05, 0) is 39.3 Å². The zero-order valence-electron chi connectivity index (χ0n) is 11.2. The third kappa shape index (κ3) is 2.26. The van der Waals surface area contributed by atoms with E-state index in [1.165, 1.54) is 0 Å². The van der Waals surface area contributed by atoms with Gasteiger partial charge < -0.3 is 15.4 Å². The smallest absolute Gasteiger partial charge is 0.127 e. The number of hydrogen-bond donors (Lipinski definition) is 2. The number of aliphatic hydroxyl groups is 1. The molecule has 4 nitrogen and oxygen atoms in total. The van der Waals surface area contributed by atoms with E-state index >= 15 is 0 Å². The summed E-state index contributed by atoms with van der Waals surface area (Å²) in [6, 6.07) is 7.80. The van der Waals surface area contributed by atoms with E-state index in [-0.39, 0.29) is 18.2 Å². The summed E-state index contributed by atoms with van der Waals surface area (Å²) >= 11 is 0. The van der Waals surface area contributed by atoms with Crippen molar-refractivity contribution >= 4 is 11.0 Å². The summed E-state index contributed by atoms with van der Waals surface area (Å²) in [5.41, 5.74) is 8.08. The van der Waals surface area contributed by atoms with Crippen LogP contribution in [0.3, 0.4) is 0 Å². The van der Waals surface area contributed by atoms with E-state index in [4.69, 9.17) is 10.8 Å². The lowest BCUT2D eigenvalue weighted by atomic mass is 10.1. The van der Waals surface area contributed by atoms with Crippen LogP contribution in [0.4, 0.5) is 0 Å². The fourth-order valence-corrected chi connectivity index (χ4v) is 2.27. The van der Waals surface area contributed by atoms with Gasteiger partial charge in [-0.25, -0.2) is 4.98 Å². The van der Waals surface area contributed by atoms with Gasteiger partial charge in [0.1, 0.15) is 5.82 Å². The van der Waals surface area contributed by atoms with Gasteiger partial charge in [0.25, 0.3) is 0 Å². The summed E-state index contributed by atoms with van der Waals surface area (Å²) in [5, 5.41) is 9.05. The normalized spacial score (nSPS) is 14.1. The fraction of sp³-hybridized carbons (Fsp3) is 0.500. The number of nitrogens with zero attached hydrogens (tertiary/aromatic N) is 2. The number of aliphatic hydroxyl groups excluding tert-OH is 1. The molecular weight excluding hydrogens is 226 g/mol. The first-order valence-corrected chi connectivity index (χ1v) is 6.29. The number of aromatic nitrogens is 2. The maximum atomic E-state index is 9.05. The summed E-state index contributed by atoms with van der Waals surface area (Å²) < 4.78 is 2.17. The number of hydrogen-bond acceptors (Lipinski definition) is 3. The minimum atomic E-state index is -0.235. The largest absolute Gasteiger partial charge is 0.396 e. The highest BCUT2D eigenvalue weighted by molar-refractivity contribution is 5.76. The van der Waals surface area contributed by atoms with E-state index in [0.29, 0.717) is 6.42 Å². The lowest BCUT2D eigenvalue weighted by molar-refractivity contribution is 0.269. The molecule has 18 heavy (non-hydrogen) atoms. The van der Waals surface area contributed by atoms with Gasteiger partial charge in [0.15, 0.2) is 0 Å². The van der Waals surface area contributed by atoms with Crippen LogP contribution in [-0.2, 0) is 5.54 Å². The molecule has 1 atom stereocenters. The Morgan fingerprint density at radius 2 is 2.00 bits per heavy atom. The highest BCUT2D eigenvalue weighted by Gasteiger charge is 2.24. The monoisotopic (exact) mass is 247 g/mol. The highest BCUT2D eigenvalue weighted by Crippen LogP contribution is 2.28. The van der Waals surface area contributed by atoms with Crippen LogP contribution in [0.25, 0.3) is 11.0 Å². The van der Waals surface area contributed by atoms with Crippen LogP contribution in [0.1, 0.15) is 39.1 Å². The Balaban J connectivity index is 2.64. The fourth-order valence-electron chi connectivity index (χ4n) is 2.27. The first-order valence-electron chi connectivity index (χ1n) is 6.29. The number of benzene rings is 1. The van der Waals surface area contributed by atoms with Gasteiger partial charge >= 0.3 is 0 Å². The molecule has 0 radical (unpaired) electrons. The standard InChI is InChI=1S/C14H21N3O/c1-14(2,3)17-12-7-5-4-6-11(12)16-13(17)10(15)8-9-18/h4-7,10,18H,8-9,15H2,1-3H3. The number of fused-ring (bicyclic) bond motifs is 1. The second-order valence-electron chi connectivity index (χ2n) is 5.58. The van der Waals surface area contributed by atoms with Crippen LogP contribution >= 0.6 is 0 Å². The van der Waals surface area contributed by atoms with Gasteiger partial charge in [-0.15, -0.1) is 0 Å². The molecule has 1 unspecified atom stereocenters. The maximum Gasteiger partial charge on any atom is 0.127 e. The third-order valence-corrected chi connectivity index (χ3v) is 3.03. The Hall–Kier alpha value is -1.39. The van der Waals surface area contributed by atoms with Gasteiger partial charge in [-0.1, -0.05) is 12.1 Å². The second-order valence-corrected chi connectivity index (χ2v) is 5.58. The molecule has 0 fully saturated rings. The van der Waals surface area contributed by atoms with E-state index in [9.17, 15) is 0 Å². The first kappa shape index (κ1) is 13.1. The molecule has 0 saturated carbocycles. The minimum Gasteiger partial charge on any atom is -0.396 e. The molecule has 0 aliphatic rings. The van der Waals surface area contributed by atoms with E-state index in [1.807, 2.05) is 18.2 Å². The summed E-state index contributed by atoms with van der Waals surface area (Å²) in [6.45, 7) is 6.48. The van der Waals surface area contributed by atoms with E-state index in [1.54, 1.807) is 0 Å². The van der Waals surface area contributed by atoms with E-state index < -0.39 is 0 Å². The van der Waals surface area contributed by atoms with Gasteiger partial charge in [0, 0.05) is 12.1 Å². The average Bonchev–Trinajstić information content (AvgIpc) is 2.68. The molecule has 0 aliphatic heterocycles. The molecule has 0 spiro atoms. The van der Waals surface area contributed by atoms with Crippen molar-refractivity contribution in [2.45, 2.75) is 38.8 Å². The SMILES string of the molecule is CC(C)(C)n1c(C(N)CCO)nc2ccccc21. The predicted molar refractivity (Wildman–Crippen MR) is 73.4 cm³/mol. The van der Waals surface area contributed by atoms with Crippen LogP contribution in [0.2, 0.25) is 0 Å². The van der Waals surface area contributed by atoms with Gasteiger partial charge in [0.05, 0.1) is 17.1 Å². The van der Waals surface area contributed by atoms with Gasteiger partial charge in [-0.2, -0.15) is 0 Å².